The number of ether oxygens (including phenoxy) is 12. The van der Waals surface area contributed by atoms with Gasteiger partial charge in [-0.3, -0.25) is 0 Å². The van der Waals surface area contributed by atoms with E-state index < -0.39 is 68.7 Å². The van der Waals surface area contributed by atoms with Gasteiger partial charge in [-0.05, 0) is 213 Å². The number of furan rings is 4. The number of hydrogen-bond acceptors (Lipinski definition) is 24. The van der Waals surface area contributed by atoms with Gasteiger partial charge in [-0.25, -0.2) is 38.4 Å². The molecule has 24 nitrogen and oxygen atoms in total. The zero-order valence-electron chi connectivity index (χ0n) is 67.5. The van der Waals surface area contributed by atoms with Crippen molar-refractivity contribution >= 4 is 47.8 Å². The van der Waals surface area contributed by atoms with Gasteiger partial charge in [-0.1, -0.05) is 52.6 Å². The summed E-state index contributed by atoms with van der Waals surface area (Å²) in [6.45, 7) is 67.9. The molecule has 4 fully saturated rings. The second-order valence-electron chi connectivity index (χ2n) is 29.7. The summed E-state index contributed by atoms with van der Waals surface area (Å²) in [7, 11) is 0. The summed E-state index contributed by atoms with van der Waals surface area (Å²) in [4.78, 5) is 89.2. The van der Waals surface area contributed by atoms with Crippen molar-refractivity contribution in [2.24, 2.45) is 11.8 Å². The maximum absolute atomic E-state index is 11.4. The summed E-state index contributed by atoms with van der Waals surface area (Å²) in [5, 5.41) is 0. The molecule has 0 N–H and O–H groups in total. The van der Waals surface area contributed by atoms with Gasteiger partial charge < -0.3 is 74.5 Å². The number of esters is 8. The summed E-state index contributed by atoms with van der Waals surface area (Å²) in [6.07, 6.45) is 19.9. The maximum Gasteiger partial charge on any atom is 0.334 e. The number of hydrogen-bond donors (Lipinski definition) is 0. The third-order valence-corrected chi connectivity index (χ3v) is 16.8. The first-order chi connectivity index (χ1) is 50.0. The van der Waals surface area contributed by atoms with Gasteiger partial charge in [0.1, 0.15) is 45.1 Å². The van der Waals surface area contributed by atoms with Crippen molar-refractivity contribution < 1.29 is 113 Å². The van der Waals surface area contributed by atoms with Crippen molar-refractivity contribution in [1.29, 1.82) is 0 Å². The highest BCUT2D eigenvalue weighted by molar-refractivity contribution is 5.89. The maximum atomic E-state index is 11.4. The number of carbonyl (C=O) groups is 8. The highest BCUT2D eigenvalue weighted by Crippen LogP contribution is 2.34. The van der Waals surface area contributed by atoms with Gasteiger partial charge in [0.2, 0.25) is 0 Å². The fourth-order valence-electron chi connectivity index (χ4n) is 9.87. The van der Waals surface area contributed by atoms with Crippen molar-refractivity contribution in [3.05, 3.63) is 196 Å². The lowest BCUT2D eigenvalue weighted by Crippen LogP contribution is -2.40. The van der Waals surface area contributed by atoms with E-state index in [1.165, 1.54) is 12.2 Å². The normalized spacial score (nSPS) is 16.7. The molecule has 4 aliphatic rings. The average Bonchev–Trinajstić information content (AvgIpc) is 1.64. The Labute approximate surface area is 639 Å². The fourth-order valence-corrected chi connectivity index (χ4v) is 9.87. The van der Waals surface area contributed by atoms with E-state index >= 15 is 0 Å². The predicted octanol–water partition coefficient (Wildman–Crippen LogP) is 16.9. The van der Waals surface area contributed by atoms with Crippen molar-refractivity contribution in [1.82, 2.24) is 0 Å². The standard InChI is InChI=1S/C11H18O3.C11H14O3.C11H18O3.C11H14O3.C10H16O3.C10H12O3.C10H16O3.C10H12O3/c2*1-8(2)10(12)14-11(3,4)9-5-6-13-7-9;2*1-8(2)10(12)14-11(3,4)9-6-5-7-13-9;2*1-4-9(11)13-10(2,3)8-5-6-12-7-8;2*1-4-9(11)13-10(2,3)8-6-5-7-12-8/h9H,1,5-7H2,2-4H3;5-7H,1H2,2-4H3;9H,1,5-7H2,2-4H3;5-7H,1H2,2-4H3;4,8H,1,5-7H2,2-3H3;4-7H,1H2,2-3H3;4,8H,1,5-7H2,2-3H3;4-7H,1H2,2-3H3. The van der Waals surface area contributed by atoms with Crippen LogP contribution in [0.5, 0.6) is 0 Å². The van der Waals surface area contributed by atoms with Crippen LogP contribution in [0.25, 0.3) is 0 Å². The Morgan fingerprint density at radius 3 is 0.963 bits per heavy atom. The van der Waals surface area contributed by atoms with Gasteiger partial charge in [-0.2, -0.15) is 0 Å². The zero-order valence-corrected chi connectivity index (χ0v) is 67.5. The van der Waals surface area contributed by atoms with Crippen LogP contribution in [-0.2, 0) is 118 Å². The van der Waals surface area contributed by atoms with Crippen LogP contribution in [0.3, 0.4) is 0 Å². The highest BCUT2D eigenvalue weighted by Gasteiger charge is 2.40. The molecule has 4 aromatic rings. The van der Waals surface area contributed by atoms with E-state index in [0.717, 1.165) is 88.2 Å². The molecule has 8 heterocycles. The van der Waals surface area contributed by atoms with Gasteiger partial charge in [0.25, 0.3) is 0 Å². The Morgan fingerprint density at radius 2 is 0.667 bits per heavy atom. The Kier molecular flexibility index (Phi) is 40.1. The molecule has 0 amide bonds. The smallest absolute Gasteiger partial charge is 0.334 e. The van der Waals surface area contributed by atoms with E-state index in [1.54, 1.807) is 157 Å². The van der Waals surface area contributed by atoms with Crippen LogP contribution in [0.1, 0.15) is 200 Å². The summed E-state index contributed by atoms with van der Waals surface area (Å²) in [6, 6.07) is 10.6. The van der Waals surface area contributed by atoms with Gasteiger partial charge in [0, 0.05) is 96.0 Å². The third kappa shape index (κ3) is 35.1. The van der Waals surface area contributed by atoms with Crippen molar-refractivity contribution in [3.63, 3.8) is 0 Å². The van der Waals surface area contributed by atoms with Crippen LogP contribution in [0, 0.1) is 11.8 Å². The quantitative estimate of drug-likeness (QED) is 0.0357. The molecule has 0 spiro atoms. The largest absolute Gasteiger partial charge is 0.472 e. The molecule has 8 rings (SSSR count). The van der Waals surface area contributed by atoms with Crippen LogP contribution < -0.4 is 0 Å². The van der Waals surface area contributed by atoms with Crippen LogP contribution in [0.2, 0.25) is 0 Å². The Bertz CT molecular complexity index is 3290. The molecular formula is C84H120O24. The highest BCUT2D eigenvalue weighted by atomic mass is 16.6. The summed E-state index contributed by atoms with van der Waals surface area (Å²) >= 11 is 0. The molecule has 4 aliphatic heterocycles. The average molecular weight is 1510 g/mol. The number of rotatable bonds is 24. The monoisotopic (exact) mass is 1510 g/mol. The molecular weight excluding hydrogens is 1390 g/mol. The lowest BCUT2D eigenvalue weighted by molar-refractivity contribution is -0.164. The molecule has 0 radical (unpaired) electrons. The molecule has 0 aromatic carbocycles. The van der Waals surface area contributed by atoms with Crippen LogP contribution >= 0.6 is 0 Å². The Balaban J connectivity index is 0.000000617. The fraction of sp³-hybridized carbons (Fsp3) is 0.524. The second-order valence-corrected chi connectivity index (χ2v) is 29.7. The molecule has 0 saturated carbocycles. The van der Waals surface area contributed by atoms with Crippen LogP contribution in [0.15, 0.2) is 191 Å². The molecule has 4 atom stereocenters. The minimum Gasteiger partial charge on any atom is -0.472 e. The van der Waals surface area contributed by atoms with Crippen molar-refractivity contribution in [3.8, 4) is 0 Å². The van der Waals surface area contributed by atoms with Gasteiger partial charge in [0.15, 0.2) is 11.2 Å². The van der Waals surface area contributed by atoms with E-state index in [1.807, 2.05) is 55.4 Å². The van der Waals surface area contributed by atoms with E-state index in [-0.39, 0.29) is 36.1 Å². The minimum atomic E-state index is -0.750. The Morgan fingerprint density at radius 1 is 0.370 bits per heavy atom. The lowest BCUT2D eigenvalue weighted by atomic mass is 9.90. The molecule has 0 aliphatic carbocycles. The van der Waals surface area contributed by atoms with E-state index in [4.69, 9.17) is 74.5 Å². The third-order valence-electron chi connectivity index (χ3n) is 16.8. The molecule has 4 aromatic heterocycles. The summed E-state index contributed by atoms with van der Waals surface area (Å²) in [5.41, 5.74) is -1.54. The van der Waals surface area contributed by atoms with Crippen LogP contribution in [-0.4, -0.2) is 122 Å². The van der Waals surface area contributed by atoms with Crippen molar-refractivity contribution in [2.75, 3.05) is 39.6 Å². The van der Waals surface area contributed by atoms with Crippen molar-refractivity contribution in [2.45, 2.75) is 234 Å². The SMILES string of the molecule is C=C(C)C(=O)OC(C)(C)C1CCCO1.C=C(C)C(=O)OC(C)(C)C1CCOC1.C=C(C)C(=O)OC(C)(C)c1ccco1.C=C(C)C(=O)OC(C)(C)c1ccoc1.C=CC(=O)OC(C)(C)C1CCCO1.C=CC(=O)OC(C)(C)C1CCOC1.C=CC(=O)OC(C)(C)c1ccco1.C=CC(=O)OC(C)(C)c1ccoc1. The topological polar surface area (TPSA) is 300 Å². The Hall–Kier alpha value is -9.36. The first kappa shape index (κ1) is 96.7. The molecule has 600 valence electrons. The molecule has 0 bridgehead atoms. The summed E-state index contributed by atoms with van der Waals surface area (Å²) in [5.74, 6) is -1.28. The first-order valence-corrected chi connectivity index (χ1v) is 35.5. The van der Waals surface area contributed by atoms with E-state index in [2.05, 4.69) is 52.6 Å². The molecule has 24 heteroatoms. The molecule has 4 unspecified atom stereocenters. The van der Waals surface area contributed by atoms with Crippen LogP contribution in [0.4, 0.5) is 0 Å². The first-order valence-electron chi connectivity index (χ1n) is 35.5. The molecule has 4 saturated heterocycles. The lowest BCUT2D eigenvalue weighted by Gasteiger charge is -2.30. The molecule has 108 heavy (non-hydrogen) atoms. The van der Waals surface area contributed by atoms with Gasteiger partial charge in [0.05, 0.1) is 63.0 Å². The minimum absolute atomic E-state index is 0.0193. The van der Waals surface area contributed by atoms with E-state index in [9.17, 15) is 38.4 Å². The summed E-state index contributed by atoms with van der Waals surface area (Å²) < 4.78 is 83.3. The predicted molar refractivity (Wildman–Crippen MR) is 408 cm³/mol. The number of carbonyl (C=O) groups excluding carboxylic acids is 8. The van der Waals surface area contributed by atoms with Gasteiger partial charge >= 0.3 is 47.8 Å². The van der Waals surface area contributed by atoms with Gasteiger partial charge in [-0.15, -0.1) is 0 Å². The van der Waals surface area contributed by atoms with E-state index in [0.29, 0.717) is 58.9 Å². The zero-order chi connectivity index (χ0) is 82.7. The second kappa shape index (κ2) is 44.8.